The predicted molar refractivity (Wildman–Crippen MR) is 94.2 cm³/mol. The second-order valence-corrected chi connectivity index (χ2v) is 5.89. The Morgan fingerprint density at radius 3 is 2.92 bits per heavy atom. The first-order chi connectivity index (χ1) is 12.2. The zero-order valence-electron chi connectivity index (χ0n) is 13.9. The van der Waals surface area contributed by atoms with Crippen molar-refractivity contribution in [2.75, 3.05) is 38.3 Å². The quantitative estimate of drug-likeness (QED) is 0.875. The number of hydrogen-bond donors (Lipinski definition) is 1. The number of rotatable bonds is 5. The van der Waals surface area contributed by atoms with E-state index in [1.54, 1.807) is 24.4 Å². The van der Waals surface area contributed by atoms with Crippen molar-refractivity contribution < 1.29 is 14.3 Å². The fourth-order valence-corrected chi connectivity index (χ4v) is 2.73. The van der Waals surface area contributed by atoms with Crippen LogP contribution in [0, 0.1) is 0 Å². The molecule has 1 saturated heterocycles. The first-order valence-electron chi connectivity index (χ1n) is 7.94. The molecule has 0 radical (unpaired) electrons. The molecule has 25 heavy (non-hydrogen) atoms. The van der Waals surface area contributed by atoms with Crippen LogP contribution in [0.3, 0.4) is 0 Å². The molecule has 1 fully saturated rings. The van der Waals surface area contributed by atoms with Crippen LogP contribution in [0.1, 0.15) is 16.2 Å². The lowest BCUT2D eigenvalue weighted by atomic mass is 10.2. The van der Waals surface area contributed by atoms with E-state index in [0.717, 1.165) is 18.9 Å². The third kappa shape index (κ3) is 4.37. The zero-order chi connectivity index (χ0) is 17.6. The predicted octanol–water partition coefficient (Wildman–Crippen LogP) is 1.91. The molecule has 0 atom stereocenters. The second-order valence-electron chi connectivity index (χ2n) is 5.46. The van der Waals surface area contributed by atoms with Gasteiger partial charge in [-0.1, -0.05) is 11.6 Å². The highest BCUT2D eigenvalue weighted by Gasteiger charge is 2.15. The van der Waals surface area contributed by atoms with Crippen LogP contribution in [0.4, 0.5) is 5.82 Å². The van der Waals surface area contributed by atoms with Crippen molar-refractivity contribution in [3.63, 3.8) is 0 Å². The summed E-state index contributed by atoms with van der Waals surface area (Å²) >= 11 is 5.97. The maximum absolute atomic E-state index is 12.4. The number of carbonyl (C=O) groups excluding carboxylic acids is 1. The lowest BCUT2D eigenvalue weighted by molar-refractivity contribution is 0.0947. The van der Waals surface area contributed by atoms with Crippen LogP contribution in [-0.2, 0) is 11.3 Å². The third-order valence-corrected chi connectivity index (χ3v) is 4.07. The number of carbonyl (C=O) groups is 1. The van der Waals surface area contributed by atoms with Crippen molar-refractivity contribution in [2.45, 2.75) is 6.54 Å². The minimum atomic E-state index is -0.292. The van der Waals surface area contributed by atoms with E-state index in [4.69, 9.17) is 21.1 Å². The Balaban J connectivity index is 1.67. The normalized spacial score (nSPS) is 14.2. The number of nitrogens with one attached hydrogen (secondary N) is 1. The van der Waals surface area contributed by atoms with E-state index in [-0.39, 0.29) is 12.5 Å². The van der Waals surface area contributed by atoms with Gasteiger partial charge in [-0.2, -0.15) is 0 Å². The highest BCUT2D eigenvalue weighted by molar-refractivity contribution is 6.31. The first kappa shape index (κ1) is 17.4. The van der Waals surface area contributed by atoms with Crippen molar-refractivity contribution >= 4 is 23.3 Å². The number of hydrogen-bond acceptors (Lipinski definition) is 6. The van der Waals surface area contributed by atoms with Gasteiger partial charge in [-0.25, -0.2) is 9.97 Å². The van der Waals surface area contributed by atoms with Gasteiger partial charge < -0.3 is 19.7 Å². The molecule has 1 amide bonds. The van der Waals surface area contributed by atoms with Crippen LogP contribution in [0.15, 0.2) is 30.5 Å². The smallest absolute Gasteiger partial charge is 0.255 e. The molecule has 1 aliphatic heterocycles. The van der Waals surface area contributed by atoms with Crippen LogP contribution >= 0.6 is 11.6 Å². The van der Waals surface area contributed by atoms with Crippen molar-refractivity contribution in [3.05, 3.63) is 46.9 Å². The van der Waals surface area contributed by atoms with Crippen LogP contribution < -0.4 is 15.0 Å². The summed E-state index contributed by atoms with van der Waals surface area (Å²) in [5.41, 5.74) is 0.374. The lowest BCUT2D eigenvalue weighted by Crippen LogP contribution is -2.37. The Morgan fingerprint density at radius 2 is 2.16 bits per heavy atom. The Kier molecular flexibility index (Phi) is 5.67. The Labute approximate surface area is 150 Å². The van der Waals surface area contributed by atoms with E-state index < -0.39 is 0 Å². The van der Waals surface area contributed by atoms with Crippen molar-refractivity contribution in [1.82, 2.24) is 15.3 Å². The molecule has 0 spiro atoms. The standard InChI is InChI=1S/C17H19ClN4O3/c1-24-14-3-2-12(18)10-13(14)17(23)20-11-15-19-5-4-16(21-15)22-6-8-25-9-7-22/h2-5,10H,6-9,11H2,1H3,(H,20,23). The molecule has 0 bridgehead atoms. The number of nitrogens with zero attached hydrogens (tertiary/aromatic N) is 3. The number of anilines is 1. The van der Waals surface area contributed by atoms with Gasteiger partial charge in [0.1, 0.15) is 17.4 Å². The van der Waals surface area contributed by atoms with Gasteiger partial charge in [0.15, 0.2) is 0 Å². The largest absolute Gasteiger partial charge is 0.496 e. The minimum absolute atomic E-state index is 0.215. The van der Waals surface area contributed by atoms with E-state index >= 15 is 0 Å². The molecule has 1 aliphatic rings. The van der Waals surface area contributed by atoms with Crippen LogP contribution in [0.2, 0.25) is 5.02 Å². The van der Waals surface area contributed by atoms with E-state index in [9.17, 15) is 4.79 Å². The van der Waals surface area contributed by atoms with Crippen LogP contribution in [0.25, 0.3) is 0 Å². The molecule has 1 aromatic carbocycles. The average molecular weight is 363 g/mol. The van der Waals surface area contributed by atoms with Crippen LogP contribution in [0.5, 0.6) is 5.75 Å². The molecule has 0 unspecified atom stereocenters. The van der Waals surface area contributed by atoms with Gasteiger partial charge in [-0.3, -0.25) is 4.79 Å². The summed E-state index contributed by atoms with van der Waals surface area (Å²) in [5.74, 6) is 1.55. The number of benzene rings is 1. The fraction of sp³-hybridized carbons (Fsp3) is 0.353. The average Bonchev–Trinajstić information content (AvgIpc) is 2.67. The number of methoxy groups -OCH3 is 1. The van der Waals surface area contributed by atoms with Gasteiger partial charge in [0.25, 0.3) is 5.91 Å². The number of ether oxygens (including phenoxy) is 2. The minimum Gasteiger partial charge on any atom is -0.496 e. The molecule has 1 aromatic heterocycles. The van der Waals surface area contributed by atoms with Crippen molar-refractivity contribution in [1.29, 1.82) is 0 Å². The van der Waals surface area contributed by atoms with Gasteiger partial charge in [0.05, 0.1) is 32.4 Å². The molecular formula is C17H19ClN4O3. The molecular weight excluding hydrogens is 344 g/mol. The van der Waals surface area contributed by atoms with E-state index in [1.807, 2.05) is 6.07 Å². The fourth-order valence-electron chi connectivity index (χ4n) is 2.55. The van der Waals surface area contributed by atoms with Crippen molar-refractivity contribution in [2.24, 2.45) is 0 Å². The third-order valence-electron chi connectivity index (χ3n) is 3.84. The number of amides is 1. The maximum atomic E-state index is 12.4. The highest BCUT2D eigenvalue weighted by atomic mass is 35.5. The highest BCUT2D eigenvalue weighted by Crippen LogP contribution is 2.22. The molecule has 0 saturated carbocycles. The maximum Gasteiger partial charge on any atom is 0.255 e. The molecule has 132 valence electrons. The topological polar surface area (TPSA) is 76.6 Å². The second kappa shape index (κ2) is 8.13. The van der Waals surface area contributed by atoms with E-state index in [2.05, 4.69) is 20.2 Å². The lowest BCUT2D eigenvalue weighted by Gasteiger charge is -2.27. The summed E-state index contributed by atoms with van der Waals surface area (Å²) in [6.07, 6.45) is 1.69. The van der Waals surface area contributed by atoms with E-state index in [1.165, 1.54) is 7.11 Å². The number of aromatic nitrogens is 2. The zero-order valence-corrected chi connectivity index (χ0v) is 14.6. The summed E-state index contributed by atoms with van der Waals surface area (Å²) in [6, 6.07) is 6.76. The summed E-state index contributed by atoms with van der Waals surface area (Å²) in [5, 5.41) is 3.27. The van der Waals surface area contributed by atoms with E-state index in [0.29, 0.717) is 35.4 Å². The Bertz CT molecular complexity index is 750. The van der Waals surface area contributed by atoms with Gasteiger partial charge in [0.2, 0.25) is 0 Å². The number of morpholine rings is 1. The summed E-state index contributed by atoms with van der Waals surface area (Å²) in [6.45, 7) is 3.17. The molecule has 8 heteroatoms. The van der Waals surface area contributed by atoms with Gasteiger partial charge >= 0.3 is 0 Å². The molecule has 2 heterocycles. The Morgan fingerprint density at radius 1 is 1.36 bits per heavy atom. The summed E-state index contributed by atoms with van der Waals surface area (Å²) in [4.78, 5) is 23.3. The van der Waals surface area contributed by atoms with Crippen LogP contribution in [-0.4, -0.2) is 49.3 Å². The molecule has 1 N–H and O–H groups in total. The van der Waals surface area contributed by atoms with Crippen molar-refractivity contribution in [3.8, 4) is 5.75 Å². The van der Waals surface area contributed by atoms with Gasteiger partial charge in [-0.05, 0) is 24.3 Å². The van der Waals surface area contributed by atoms with Gasteiger partial charge in [0, 0.05) is 24.3 Å². The molecule has 7 nitrogen and oxygen atoms in total. The molecule has 3 rings (SSSR count). The Hall–Kier alpha value is -2.38. The SMILES string of the molecule is COc1ccc(Cl)cc1C(=O)NCc1nccc(N2CCOCC2)n1. The first-order valence-corrected chi connectivity index (χ1v) is 8.31. The molecule has 2 aromatic rings. The molecule has 0 aliphatic carbocycles. The van der Waals surface area contributed by atoms with Gasteiger partial charge in [-0.15, -0.1) is 0 Å². The summed E-state index contributed by atoms with van der Waals surface area (Å²) < 4.78 is 10.5. The summed E-state index contributed by atoms with van der Waals surface area (Å²) in [7, 11) is 1.51. The number of halogens is 1. The monoisotopic (exact) mass is 362 g/mol.